The van der Waals surface area contributed by atoms with Gasteiger partial charge in [0.15, 0.2) is 0 Å². The molecule has 0 aliphatic carbocycles. The number of halogens is 2. The first-order valence-corrected chi connectivity index (χ1v) is 6.97. The van der Waals surface area contributed by atoms with Crippen LogP contribution in [0.3, 0.4) is 0 Å². The molecule has 0 unspecified atom stereocenters. The molecular formula is C12H17Br2N. The lowest BCUT2D eigenvalue weighted by Crippen LogP contribution is -1.92. The van der Waals surface area contributed by atoms with Crippen LogP contribution in [0.25, 0.3) is 0 Å². The average Bonchev–Trinajstić information content (AvgIpc) is 2.21. The molecule has 0 aliphatic heterocycles. The van der Waals surface area contributed by atoms with Crippen molar-refractivity contribution in [3.8, 4) is 0 Å². The van der Waals surface area contributed by atoms with E-state index in [-0.39, 0.29) is 0 Å². The summed E-state index contributed by atoms with van der Waals surface area (Å²) in [5, 5.41) is 0. The maximum Gasteiger partial charge on any atom is 0.0603 e. The number of unbranched alkanes of at least 4 members (excludes halogenated alkanes) is 3. The molecule has 84 valence electrons. The van der Waals surface area contributed by atoms with Crippen molar-refractivity contribution < 1.29 is 0 Å². The average molecular weight is 335 g/mol. The molecule has 0 aliphatic rings. The normalized spacial score (nSPS) is 10.6. The minimum atomic E-state index is 0.785. The second kappa shape index (κ2) is 6.54. The Kier molecular flexibility index (Phi) is 5.69. The summed E-state index contributed by atoms with van der Waals surface area (Å²) in [5.74, 6) is 0. The van der Waals surface area contributed by atoms with Gasteiger partial charge in [-0.3, -0.25) is 0 Å². The maximum atomic E-state index is 5.83. The van der Waals surface area contributed by atoms with E-state index < -0.39 is 0 Å². The summed E-state index contributed by atoms with van der Waals surface area (Å²) in [5.41, 5.74) is 7.96. The molecule has 0 amide bonds. The number of nitrogen functional groups attached to an aromatic ring is 1. The minimum absolute atomic E-state index is 0.785. The van der Waals surface area contributed by atoms with Crippen molar-refractivity contribution in [3.63, 3.8) is 0 Å². The van der Waals surface area contributed by atoms with E-state index >= 15 is 0 Å². The number of benzene rings is 1. The van der Waals surface area contributed by atoms with Crippen LogP contribution >= 0.6 is 31.9 Å². The van der Waals surface area contributed by atoms with E-state index in [1.54, 1.807) is 0 Å². The zero-order valence-corrected chi connectivity index (χ0v) is 12.2. The molecular weight excluding hydrogens is 318 g/mol. The van der Waals surface area contributed by atoms with Crippen molar-refractivity contribution >= 4 is 37.5 Å². The second-order valence-corrected chi connectivity index (χ2v) is 5.49. The number of aryl methyl sites for hydroxylation is 1. The SMILES string of the molecule is CCCCCCc1cc(Br)c(N)c(Br)c1. The van der Waals surface area contributed by atoms with Gasteiger partial charge in [-0.2, -0.15) is 0 Å². The summed E-state index contributed by atoms with van der Waals surface area (Å²) in [6.45, 7) is 2.23. The molecule has 0 atom stereocenters. The molecule has 0 spiro atoms. The quantitative estimate of drug-likeness (QED) is 0.600. The largest absolute Gasteiger partial charge is 0.397 e. The summed E-state index contributed by atoms with van der Waals surface area (Å²) >= 11 is 6.93. The molecule has 3 heteroatoms. The highest BCUT2D eigenvalue weighted by Crippen LogP contribution is 2.30. The van der Waals surface area contributed by atoms with Crippen LogP contribution < -0.4 is 5.73 Å². The van der Waals surface area contributed by atoms with Crippen molar-refractivity contribution in [2.45, 2.75) is 39.0 Å². The van der Waals surface area contributed by atoms with Crippen molar-refractivity contribution in [1.82, 2.24) is 0 Å². The maximum absolute atomic E-state index is 5.83. The Morgan fingerprint density at radius 3 is 2.20 bits per heavy atom. The van der Waals surface area contributed by atoms with Gasteiger partial charge in [0.05, 0.1) is 5.69 Å². The fourth-order valence-electron chi connectivity index (χ4n) is 1.54. The third-order valence-electron chi connectivity index (χ3n) is 2.46. The first-order valence-electron chi connectivity index (χ1n) is 5.38. The van der Waals surface area contributed by atoms with Gasteiger partial charge in [-0.1, -0.05) is 26.2 Å². The summed E-state index contributed by atoms with van der Waals surface area (Å²) < 4.78 is 1.98. The van der Waals surface area contributed by atoms with Crippen LogP contribution in [0, 0.1) is 0 Å². The van der Waals surface area contributed by atoms with E-state index in [0.29, 0.717) is 0 Å². The molecule has 1 aromatic carbocycles. The first kappa shape index (κ1) is 13.0. The van der Waals surface area contributed by atoms with Crippen molar-refractivity contribution in [2.75, 3.05) is 5.73 Å². The number of hydrogen-bond acceptors (Lipinski definition) is 1. The predicted molar refractivity (Wildman–Crippen MR) is 74.1 cm³/mol. The highest BCUT2D eigenvalue weighted by molar-refractivity contribution is 9.11. The third-order valence-corrected chi connectivity index (χ3v) is 3.77. The van der Waals surface area contributed by atoms with Crippen molar-refractivity contribution in [3.05, 3.63) is 26.6 Å². The van der Waals surface area contributed by atoms with Gasteiger partial charge in [0.2, 0.25) is 0 Å². The molecule has 0 aromatic heterocycles. The lowest BCUT2D eigenvalue weighted by molar-refractivity contribution is 0.666. The van der Waals surface area contributed by atoms with Gasteiger partial charge in [0, 0.05) is 8.95 Å². The topological polar surface area (TPSA) is 26.0 Å². The van der Waals surface area contributed by atoms with Crippen LogP contribution in [0.4, 0.5) is 5.69 Å². The Balaban J connectivity index is 2.55. The lowest BCUT2D eigenvalue weighted by Gasteiger charge is -2.06. The van der Waals surface area contributed by atoms with E-state index in [1.807, 2.05) is 0 Å². The summed E-state index contributed by atoms with van der Waals surface area (Å²) in [6, 6.07) is 4.23. The Morgan fingerprint density at radius 2 is 1.67 bits per heavy atom. The lowest BCUT2D eigenvalue weighted by atomic mass is 10.1. The fraction of sp³-hybridized carbons (Fsp3) is 0.500. The highest BCUT2D eigenvalue weighted by atomic mass is 79.9. The monoisotopic (exact) mass is 333 g/mol. The standard InChI is InChI=1S/C12H17Br2N/c1-2-3-4-5-6-9-7-10(13)12(15)11(14)8-9/h7-8H,2-6,15H2,1H3. The van der Waals surface area contributed by atoms with Crippen LogP contribution in [0.1, 0.15) is 38.2 Å². The molecule has 0 saturated heterocycles. The molecule has 0 heterocycles. The Hall–Kier alpha value is -0.0200. The van der Waals surface area contributed by atoms with Gasteiger partial charge in [0.25, 0.3) is 0 Å². The van der Waals surface area contributed by atoms with E-state index in [9.17, 15) is 0 Å². The van der Waals surface area contributed by atoms with Gasteiger partial charge in [-0.05, 0) is 62.4 Å². The van der Waals surface area contributed by atoms with E-state index in [2.05, 4.69) is 50.9 Å². The highest BCUT2D eigenvalue weighted by Gasteiger charge is 2.03. The van der Waals surface area contributed by atoms with Gasteiger partial charge in [0.1, 0.15) is 0 Å². The third kappa shape index (κ3) is 4.15. The van der Waals surface area contributed by atoms with Crippen molar-refractivity contribution in [1.29, 1.82) is 0 Å². The zero-order chi connectivity index (χ0) is 11.3. The van der Waals surface area contributed by atoms with Gasteiger partial charge in [-0.25, -0.2) is 0 Å². The number of rotatable bonds is 5. The second-order valence-electron chi connectivity index (χ2n) is 3.78. The van der Waals surface area contributed by atoms with Gasteiger partial charge >= 0.3 is 0 Å². The molecule has 1 rings (SSSR count). The molecule has 0 bridgehead atoms. The summed E-state index contributed by atoms with van der Waals surface area (Å²) in [4.78, 5) is 0. The Bertz CT molecular complexity index is 300. The molecule has 1 nitrogen and oxygen atoms in total. The molecule has 1 aromatic rings. The van der Waals surface area contributed by atoms with Crippen LogP contribution in [0.15, 0.2) is 21.1 Å². The molecule has 2 N–H and O–H groups in total. The number of anilines is 1. The summed E-state index contributed by atoms with van der Waals surface area (Å²) in [6.07, 6.45) is 6.33. The van der Waals surface area contributed by atoms with Crippen LogP contribution in [0.5, 0.6) is 0 Å². The van der Waals surface area contributed by atoms with Gasteiger partial charge < -0.3 is 5.73 Å². The molecule has 0 radical (unpaired) electrons. The summed E-state index contributed by atoms with van der Waals surface area (Å²) in [7, 11) is 0. The molecule has 0 saturated carbocycles. The Morgan fingerprint density at radius 1 is 1.07 bits per heavy atom. The van der Waals surface area contributed by atoms with Crippen molar-refractivity contribution in [2.24, 2.45) is 0 Å². The van der Waals surface area contributed by atoms with E-state index in [4.69, 9.17) is 5.73 Å². The molecule has 0 fully saturated rings. The predicted octanol–water partition coefficient (Wildman–Crippen LogP) is 4.92. The van der Waals surface area contributed by atoms with E-state index in [1.165, 1.54) is 31.2 Å². The van der Waals surface area contributed by atoms with Crippen LogP contribution in [0.2, 0.25) is 0 Å². The van der Waals surface area contributed by atoms with E-state index in [0.717, 1.165) is 21.1 Å². The number of nitrogens with two attached hydrogens (primary N) is 1. The first-order chi connectivity index (χ1) is 7.15. The van der Waals surface area contributed by atoms with Crippen LogP contribution in [-0.2, 0) is 6.42 Å². The Labute approximate surface area is 109 Å². The molecule has 15 heavy (non-hydrogen) atoms. The zero-order valence-electron chi connectivity index (χ0n) is 9.02. The number of hydrogen-bond donors (Lipinski definition) is 1. The van der Waals surface area contributed by atoms with Crippen LogP contribution in [-0.4, -0.2) is 0 Å². The fourth-order valence-corrected chi connectivity index (χ4v) is 2.82. The minimum Gasteiger partial charge on any atom is -0.397 e. The van der Waals surface area contributed by atoms with Gasteiger partial charge in [-0.15, -0.1) is 0 Å². The smallest absolute Gasteiger partial charge is 0.0603 e.